The number of aromatic nitrogens is 5. The molecule has 0 spiro atoms. The SMILES string of the molecule is Cc1ccc(-c2cc(C)c3c(N)ncnn23)cc1C(=O)Nc1ncn(Cc2ccccc2)c1C. The monoisotopic (exact) mass is 451 g/mol. The third kappa shape index (κ3) is 3.79. The minimum atomic E-state index is -0.209. The summed E-state index contributed by atoms with van der Waals surface area (Å²) in [6.07, 6.45) is 3.18. The van der Waals surface area contributed by atoms with Crippen LogP contribution in [0.1, 0.15) is 32.7 Å². The van der Waals surface area contributed by atoms with E-state index in [1.807, 2.05) is 67.8 Å². The molecule has 0 aliphatic heterocycles. The number of hydrogen-bond donors (Lipinski definition) is 2. The standard InChI is InChI=1S/C26H25N7O/c1-16-9-10-20(22-11-17(2)23-24(27)28-14-30-33(22)23)12-21(16)26(34)31-25-18(3)32(15-29-25)13-19-7-5-4-6-8-19/h4-12,14-15H,13H2,1-3H3,(H,31,34)(H2,27,28,30). The van der Waals surface area contributed by atoms with Crippen molar-refractivity contribution in [2.24, 2.45) is 0 Å². The fourth-order valence-corrected chi connectivity index (χ4v) is 4.17. The predicted molar refractivity (Wildman–Crippen MR) is 133 cm³/mol. The molecule has 34 heavy (non-hydrogen) atoms. The van der Waals surface area contributed by atoms with Gasteiger partial charge in [-0.15, -0.1) is 0 Å². The number of carbonyl (C=O) groups excluding carboxylic acids is 1. The Labute approximate surface area is 197 Å². The van der Waals surface area contributed by atoms with Gasteiger partial charge in [0.05, 0.1) is 17.7 Å². The molecule has 0 fully saturated rings. The number of amides is 1. The number of rotatable bonds is 5. The summed E-state index contributed by atoms with van der Waals surface area (Å²) >= 11 is 0. The summed E-state index contributed by atoms with van der Waals surface area (Å²) in [6, 6.07) is 17.9. The number of imidazole rings is 1. The Morgan fingerprint density at radius 3 is 2.59 bits per heavy atom. The van der Waals surface area contributed by atoms with Crippen molar-refractivity contribution in [3.8, 4) is 11.3 Å². The van der Waals surface area contributed by atoms with Crippen molar-refractivity contribution in [2.75, 3.05) is 11.1 Å². The molecule has 0 atom stereocenters. The van der Waals surface area contributed by atoms with Crippen molar-refractivity contribution < 1.29 is 4.79 Å². The quantitative estimate of drug-likeness (QED) is 0.412. The molecule has 3 N–H and O–H groups in total. The van der Waals surface area contributed by atoms with Gasteiger partial charge in [-0.25, -0.2) is 14.5 Å². The predicted octanol–water partition coefficient (Wildman–Crippen LogP) is 4.40. The van der Waals surface area contributed by atoms with Gasteiger partial charge in [-0.05, 0) is 49.6 Å². The third-order valence-electron chi connectivity index (χ3n) is 6.08. The molecular formula is C26H25N7O. The van der Waals surface area contributed by atoms with E-state index < -0.39 is 0 Å². The van der Waals surface area contributed by atoms with Crippen LogP contribution in [0.15, 0.2) is 67.3 Å². The smallest absolute Gasteiger partial charge is 0.257 e. The second-order valence-corrected chi connectivity index (χ2v) is 8.39. The Bertz CT molecular complexity index is 1520. The molecule has 5 rings (SSSR count). The molecule has 3 heterocycles. The van der Waals surface area contributed by atoms with Crippen molar-refractivity contribution in [2.45, 2.75) is 27.3 Å². The first-order chi connectivity index (χ1) is 16.4. The van der Waals surface area contributed by atoms with Crippen LogP contribution in [0.25, 0.3) is 16.8 Å². The van der Waals surface area contributed by atoms with Crippen LogP contribution in [0, 0.1) is 20.8 Å². The number of aryl methyl sites for hydroxylation is 2. The summed E-state index contributed by atoms with van der Waals surface area (Å²) in [5.41, 5.74) is 13.0. The lowest BCUT2D eigenvalue weighted by Crippen LogP contribution is -2.15. The molecule has 0 radical (unpaired) electrons. The second kappa shape index (κ2) is 8.47. The normalized spacial score (nSPS) is 11.1. The Morgan fingerprint density at radius 2 is 1.79 bits per heavy atom. The maximum Gasteiger partial charge on any atom is 0.257 e. The molecule has 0 saturated carbocycles. The highest BCUT2D eigenvalue weighted by Crippen LogP contribution is 2.29. The largest absolute Gasteiger partial charge is 0.382 e. The number of hydrogen-bond acceptors (Lipinski definition) is 5. The number of fused-ring (bicyclic) bond motifs is 1. The van der Waals surface area contributed by atoms with E-state index in [0.29, 0.717) is 23.7 Å². The average molecular weight is 452 g/mol. The lowest BCUT2D eigenvalue weighted by molar-refractivity contribution is 0.102. The highest BCUT2D eigenvalue weighted by molar-refractivity contribution is 6.05. The lowest BCUT2D eigenvalue weighted by atomic mass is 10.0. The van der Waals surface area contributed by atoms with Gasteiger partial charge in [-0.2, -0.15) is 5.10 Å². The van der Waals surface area contributed by atoms with Crippen LogP contribution in [-0.2, 0) is 6.54 Å². The van der Waals surface area contributed by atoms with Crippen LogP contribution in [-0.4, -0.2) is 30.1 Å². The molecule has 2 aromatic carbocycles. The van der Waals surface area contributed by atoms with Crippen molar-refractivity contribution in [1.82, 2.24) is 24.1 Å². The van der Waals surface area contributed by atoms with E-state index in [2.05, 4.69) is 32.5 Å². The van der Waals surface area contributed by atoms with E-state index >= 15 is 0 Å². The van der Waals surface area contributed by atoms with E-state index in [1.165, 1.54) is 11.9 Å². The number of nitrogens with two attached hydrogens (primary N) is 1. The third-order valence-corrected chi connectivity index (χ3v) is 6.08. The molecule has 0 aliphatic rings. The van der Waals surface area contributed by atoms with Crippen LogP contribution < -0.4 is 11.1 Å². The first-order valence-corrected chi connectivity index (χ1v) is 11.0. The Kier molecular flexibility index (Phi) is 5.33. The van der Waals surface area contributed by atoms with Crippen LogP contribution in [0.4, 0.5) is 11.6 Å². The van der Waals surface area contributed by atoms with Gasteiger partial charge in [0.25, 0.3) is 5.91 Å². The number of carbonyl (C=O) groups is 1. The minimum absolute atomic E-state index is 0.209. The molecule has 0 unspecified atom stereocenters. The fraction of sp³-hybridized carbons (Fsp3) is 0.154. The number of benzene rings is 2. The van der Waals surface area contributed by atoms with Gasteiger partial charge < -0.3 is 15.6 Å². The Morgan fingerprint density at radius 1 is 1.00 bits per heavy atom. The zero-order chi connectivity index (χ0) is 23.8. The summed E-state index contributed by atoms with van der Waals surface area (Å²) in [4.78, 5) is 21.8. The molecule has 3 aromatic heterocycles. The zero-order valence-electron chi connectivity index (χ0n) is 19.3. The molecule has 0 aliphatic carbocycles. The van der Waals surface area contributed by atoms with E-state index in [-0.39, 0.29) is 5.91 Å². The van der Waals surface area contributed by atoms with Gasteiger partial charge in [-0.1, -0.05) is 42.5 Å². The van der Waals surface area contributed by atoms with Crippen molar-refractivity contribution in [1.29, 1.82) is 0 Å². The first-order valence-electron chi connectivity index (χ1n) is 11.0. The number of anilines is 2. The van der Waals surface area contributed by atoms with Gasteiger partial charge in [0.2, 0.25) is 0 Å². The van der Waals surface area contributed by atoms with Crippen molar-refractivity contribution in [3.63, 3.8) is 0 Å². The minimum Gasteiger partial charge on any atom is -0.382 e. The average Bonchev–Trinajstić information content (AvgIpc) is 3.35. The van der Waals surface area contributed by atoms with Gasteiger partial charge in [0, 0.05) is 17.7 Å². The number of nitrogens with zero attached hydrogens (tertiary/aromatic N) is 5. The van der Waals surface area contributed by atoms with Crippen molar-refractivity contribution >= 4 is 23.1 Å². The molecule has 8 nitrogen and oxygen atoms in total. The molecular weight excluding hydrogens is 426 g/mol. The van der Waals surface area contributed by atoms with Crippen molar-refractivity contribution in [3.05, 3.63) is 95.2 Å². The van der Waals surface area contributed by atoms with Gasteiger partial charge in [-0.3, -0.25) is 4.79 Å². The maximum absolute atomic E-state index is 13.2. The van der Waals surface area contributed by atoms with Gasteiger partial charge >= 0.3 is 0 Å². The zero-order valence-corrected chi connectivity index (χ0v) is 19.3. The molecule has 170 valence electrons. The van der Waals surface area contributed by atoms with Gasteiger partial charge in [0.15, 0.2) is 11.6 Å². The van der Waals surface area contributed by atoms with Crippen LogP contribution >= 0.6 is 0 Å². The van der Waals surface area contributed by atoms with E-state index in [0.717, 1.165) is 33.6 Å². The Hall–Kier alpha value is -4.46. The van der Waals surface area contributed by atoms with Crippen LogP contribution in [0.5, 0.6) is 0 Å². The molecule has 0 bridgehead atoms. The summed E-state index contributed by atoms with van der Waals surface area (Å²) in [5, 5.41) is 7.35. The Balaban J connectivity index is 1.44. The lowest BCUT2D eigenvalue weighted by Gasteiger charge is -2.10. The summed E-state index contributed by atoms with van der Waals surface area (Å²) in [5.74, 6) is 0.764. The highest BCUT2D eigenvalue weighted by Gasteiger charge is 2.17. The molecule has 1 amide bonds. The first kappa shape index (κ1) is 21.4. The summed E-state index contributed by atoms with van der Waals surface area (Å²) < 4.78 is 3.78. The maximum atomic E-state index is 13.2. The summed E-state index contributed by atoms with van der Waals surface area (Å²) in [7, 11) is 0. The highest BCUT2D eigenvalue weighted by atomic mass is 16.1. The van der Waals surface area contributed by atoms with E-state index in [4.69, 9.17) is 5.73 Å². The molecule has 0 saturated heterocycles. The summed E-state index contributed by atoms with van der Waals surface area (Å²) in [6.45, 7) is 6.53. The second-order valence-electron chi connectivity index (χ2n) is 8.39. The van der Waals surface area contributed by atoms with Crippen LogP contribution in [0.3, 0.4) is 0 Å². The van der Waals surface area contributed by atoms with E-state index in [9.17, 15) is 4.79 Å². The fourth-order valence-electron chi connectivity index (χ4n) is 4.17. The molecule has 5 aromatic rings. The van der Waals surface area contributed by atoms with Crippen LogP contribution in [0.2, 0.25) is 0 Å². The van der Waals surface area contributed by atoms with Gasteiger partial charge in [0.1, 0.15) is 11.8 Å². The van der Waals surface area contributed by atoms with E-state index in [1.54, 1.807) is 10.8 Å². The number of nitrogens with one attached hydrogen (secondary N) is 1. The number of nitrogen functional groups attached to an aromatic ring is 1. The molecule has 8 heteroatoms. The topological polar surface area (TPSA) is 103 Å².